The molecule has 2 N–H and O–H groups in total. The van der Waals surface area contributed by atoms with Crippen molar-refractivity contribution < 1.29 is 38.7 Å². The molecule has 0 fully saturated rings. The van der Waals surface area contributed by atoms with Crippen molar-refractivity contribution in [1.82, 2.24) is 0 Å². The lowest BCUT2D eigenvalue weighted by atomic mass is 9.86. The van der Waals surface area contributed by atoms with Gasteiger partial charge in [0.25, 0.3) is 0 Å². The molecule has 2 aliphatic rings. The Hall–Kier alpha value is -3.42. The number of hydrogen-bond acceptors (Lipinski definition) is 8. The van der Waals surface area contributed by atoms with Crippen LogP contribution in [0, 0.1) is 41.5 Å². The third kappa shape index (κ3) is 6.89. The summed E-state index contributed by atoms with van der Waals surface area (Å²) in [6.45, 7) is 16.1. The molecule has 8 heteroatoms. The smallest absolute Gasteiger partial charge is 0.305 e. The number of aromatic hydroxyl groups is 2. The number of ether oxygens (including phenoxy) is 4. The van der Waals surface area contributed by atoms with Gasteiger partial charge in [0.2, 0.25) is 0 Å². The summed E-state index contributed by atoms with van der Waals surface area (Å²) in [6, 6.07) is 0. The van der Waals surface area contributed by atoms with Crippen LogP contribution in [-0.2, 0) is 31.9 Å². The van der Waals surface area contributed by atoms with Gasteiger partial charge in [-0.05, 0) is 121 Å². The first kappa shape index (κ1) is 32.5. The molecule has 8 nitrogen and oxygen atoms in total. The van der Waals surface area contributed by atoms with E-state index in [-0.39, 0.29) is 38.0 Å². The molecule has 2 heterocycles. The van der Waals surface area contributed by atoms with Gasteiger partial charge in [-0.25, -0.2) is 0 Å². The van der Waals surface area contributed by atoms with Gasteiger partial charge in [0.05, 0.1) is 13.2 Å². The highest BCUT2D eigenvalue weighted by molar-refractivity contribution is 5.72. The van der Waals surface area contributed by atoms with E-state index in [1.165, 1.54) is 0 Å². The van der Waals surface area contributed by atoms with Crippen LogP contribution in [0.4, 0.5) is 0 Å². The van der Waals surface area contributed by atoms with Crippen molar-refractivity contribution in [2.45, 2.75) is 124 Å². The first-order valence-electron chi connectivity index (χ1n) is 15.5. The zero-order valence-electron chi connectivity index (χ0n) is 27.1. The SMILES string of the molecule is Cc1c(C)c2c(c(C)c1O)CCC(C)(CCOC(=O)CCCC(=O)OCCC1(C)CCc3c(C)c(O)c(C)c(C)c3O1)O2. The van der Waals surface area contributed by atoms with Crippen LogP contribution in [0.2, 0.25) is 0 Å². The number of phenols is 2. The highest BCUT2D eigenvalue weighted by atomic mass is 16.5. The highest BCUT2D eigenvalue weighted by Gasteiger charge is 2.36. The number of carbonyl (C=O) groups excluding carboxylic acids is 2. The molecular weight excluding hydrogens is 548 g/mol. The molecular formula is C35H48O8. The Labute approximate surface area is 255 Å². The molecule has 2 aromatic carbocycles. The van der Waals surface area contributed by atoms with Crippen LogP contribution in [-0.4, -0.2) is 46.6 Å². The van der Waals surface area contributed by atoms with Crippen LogP contribution in [0.15, 0.2) is 0 Å². The van der Waals surface area contributed by atoms with Gasteiger partial charge in [-0.1, -0.05) is 0 Å². The van der Waals surface area contributed by atoms with Crippen molar-refractivity contribution in [3.8, 4) is 23.0 Å². The molecule has 43 heavy (non-hydrogen) atoms. The number of phenolic OH excluding ortho intramolecular Hbond substituents is 2. The topological polar surface area (TPSA) is 112 Å². The molecule has 236 valence electrons. The number of fused-ring (bicyclic) bond motifs is 2. The zero-order valence-corrected chi connectivity index (χ0v) is 27.1. The van der Waals surface area contributed by atoms with E-state index < -0.39 is 11.2 Å². The second kappa shape index (κ2) is 12.7. The molecule has 2 aromatic rings. The van der Waals surface area contributed by atoms with Gasteiger partial charge in [-0.2, -0.15) is 0 Å². The summed E-state index contributed by atoms with van der Waals surface area (Å²) in [7, 11) is 0. The second-order valence-corrected chi connectivity index (χ2v) is 13.0. The molecule has 0 radical (unpaired) electrons. The fraction of sp³-hybridized carbons (Fsp3) is 0.600. The fourth-order valence-corrected chi connectivity index (χ4v) is 6.22. The van der Waals surface area contributed by atoms with E-state index in [0.29, 0.717) is 30.8 Å². The Kier molecular flexibility index (Phi) is 9.57. The minimum absolute atomic E-state index is 0.148. The summed E-state index contributed by atoms with van der Waals surface area (Å²) in [5.41, 5.74) is 6.46. The summed E-state index contributed by atoms with van der Waals surface area (Å²) in [6.07, 6.45) is 4.91. The van der Waals surface area contributed by atoms with Gasteiger partial charge in [-0.3, -0.25) is 9.59 Å². The Bertz CT molecular complexity index is 1300. The van der Waals surface area contributed by atoms with Gasteiger partial charge in [0.15, 0.2) is 0 Å². The van der Waals surface area contributed by atoms with Crippen molar-refractivity contribution in [1.29, 1.82) is 0 Å². The van der Waals surface area contributed by atoms with Gasteiger partial charge in [-0.15, -0.1) is 0 Å². The molecule has 2 atom stereocenters. The van der Waals surface area contributed by atoms with Crippen LogP contribution >= 0.6 is 0 Å². The molecule has 0 aliphatic carbocycles. The van der Waals surface area contributed by atoms with E-state index in [9.17, 15) is 19.8 Å². The maximum atomic E-state index is 12.3. The highest BCUT2D eigenvalue weighted by Crippen LogP contribution is 2.45. The molecule has 0 saturated heterocycles. The largest absolute Gasteiger partial charge is 0.507 e. The number of hydrogen-bond donors (Lipinski definition) is 2. The molecule has 4 rings (SSSR count). The molecule has 2 unspecified atom stereocenters. The Morgan fingerprint density at radius 2 is 1.02 bits per heavy atom. The molecule has 0 saturated carbocycles. The number of esters is 2. The molecule has 2 aliphatic heterocycles. The lowest BCUT2D eigenvalue weighted by Gasteiger charge is -2.38. The number of rotatable bonds is 10. The first-order valence-corrected chi connectivity index (χ1v) is 15.5. The summed E-state index contributed by atoms with van der Waals surface area (Å²) in [5.74, 6) is 1.66. The minimum atomic E-state index is -0.462. The van der Waals surface area contributed by atoms with Crippen LogP contribution in [0.5, 0.6) is 23.0 Å². The van der Waals surface area contributed by atoms with Crippen molar-refractivity contribution in [3.05, 3.63) is 44.5 Å². The first-order chi connectivity index (χ1) is 20.2. The second-order valence-electron chi connectivity index (χ2n) is 13.0. The minimum Gasteiger partial charge on any atom is -0.507 e. The Morgan fingerprint density at radius 1 is 0.651 bits per heavy atom. The van der Waals surface area contributed by atoms with E-state index in [4.69, 9.17) is 18.9 Å². The van der Waals surface area contributed by atoms with Crippen LogP contribution in [0.25, 0.3) is 0 Å². The molecule has 0 amide bonds. The summed E-state index contributed by atoms with van der Waals surface area (Å²) >= 11 is 0. The molecule has 0 aromatic heterocycles. The van der Waals surface area contributed by atoms with E-state index in [1.807, 2.05) is 55.4 Å². The quantitative estimate of drug-likeness (QED) is 0.287. The lowest BCUT2D eigenvalue weighted by Crippen LogP contribution is -2.38. The summed E-state index contributed by atoms with van der Waals surface area (Å²) in [5, 5.41) is 20.8. The van der Waals surface area contributed by atoms with Crippen LogP contribution < -0.4 is 9.47 Å². The van der Waals surface area contributed by atoms with Gasteiger partial charge >= 0.3 is 11.9 Å². The van der Waals surface area contributed by atoms with E-state index in [0.717, 1.165) is 81.7 Å². The predicted molar refractivity (Wildman–Crippen MR) is 164 cm³/mol. The van der Waals surface area contributed by atoms with E-state index >= 15 is 0 Å². The van der Waals surface area contributed by atoms with Crippen LogP contribution in [0.1, 0.15) is 103 Å². The Balaban J connectivity index is 1.15. The van der Waals surface area contributed by atoms with Crippen molar-refractivity contribution in [3.63, 3.8) is 0 Å². The number of benzene rings is 2. The van der Waals surface area contributed by atoms with Gasteiger partial charge < -0.3 is 29.2 Å². The maximum Gasteiger partial charge on any atom is 0.305 e. The average molecular weight is 597 g/mol. The maximum absolute atomic E-state index is 12.3. The number of carbonyl (C=O) groups is 2. The summed E-state index contributed by atoms with van der Waals surface area (Å²) in [4.78, 5) is 24.7. The molecule has 0 bridgehead atoms. The monoisotopic (exact) mass is 596 g/mol. The van der Waals surface area contributed by atoms with Crippen LogP contribution in [0.3, 0.4) is 0 Å². The summed E-state index contributed by atoms with van der Waals surface area (Å²) < 4.78 is 23.7. The lowest BCUT2D eigenvalue weighted by molar-refractivity contribution is -0.146. The third-order valence-corrected chi connectivity index (χ3v) is 9.73. The average Bonchev–Trinajstić information content (AvgIpc) is 2.96. The standard InChI is InChI=1S/C35H48O8/c1-20-22(3)32-26(24(5)30(20)38)12-14-34(7,42-32)16-18-40-28(36)10-9-11-29(37)41-19-17-35(8)15-13-27-25(6)31(39)21(2)23(4)33(27)43-35/h38-39H,9-19H2,1-8H3. The van der Waals surface area contributed by atoms with E-state index in [1.54, 1.807) is 0 Å². The predicted octanol–water partition coefficient (Wildman–Crippen LogP) is 6.85. The zero-order chi connectivity index (χ0) is 31.7. The van der Waals surface area contributed by atoms with Gasteiger partial charge in [0, 0.05) is 36.8 Å². The third-order valence-electron chi connectivity index (χ3n) is 9.73. The normalized spacial score (nSPS) is 20.8. The van der Waals surface area contributed by atoms with E-state index in [2.05, 4.69) is 0 Å². The van der Waals surface area contributed by atoms with Crippen molar-refractivity contribution in [2.24, 2.45) is 0 Å². The Morgan fingerprint density at radius 3 is 1.40 bits per heavy atom. The van der Waals surface area contributed by atoms with Gasteiger partial charge in [0.1, 0.15) is 34.2 Å². The fourth-order valence-electron chi connectivity index (χ4n) is 6.22. The molecule has 0 spiro atoms. The van der Waals surface area contributed by atoms with Crippen molar-refractivity contribution >= 4 is 11.9 Å². The van der Waals surface area contributed by atoms with Crippen molar-refractivity contribution in [2.75, 3.05) is 13.2 Å².